The van der Waals surface area contributed by atoms with E-state index in [2.05, 4.69) is 26.7 Å². The molecule has 0 atom stereocenters. The van der Waals surface area contributed by atoms with Crippen LogP contribution in [0.1, 0.15) is 34.6 Å². The summed E-state index contributed by atoms with van der Waals surface area (Å²) in [6, 6.07) is 11.0. The molecule has 0 unspecified atom stereocenters. The number of hydrogen-bond acceptors (Lipinski definition) is 5. The van der Waals surface area contributed by atoms with Gasteiger partial charge in [0.2, 0.25) is 5.95 Å². The number of benzene rings is 1. The summed E-state index contributed by atoms with van der Waals surface area (Å²) in [5.74, 6) is 0.165. The molecule has 0 aliphatic heterocycles. The standard InChI is InChI=1S/C16H15N5O/c1-10-7-14(15(22)19-12-5-6-12)21-16(18-10)20-13-4-2-3-11(8-13)9-17/h2-4,7-8,12H,5-6H2,1H3,(H,19,22)(H,18,20,21). The highest BCUT2D eigenvalue weighted by molar-refractivity contribution is 5.93. The smallest absolute Gasteiger partial charge is 0.270 e. The fourth-order valence-corrected chi connectivity index (χ4v) is 2.02. The van der Waals surface area contributed by atoms with Crippen molar-refractivity contribution < 1.29 is 4.79 Å². The maximum atomic E-state index is 12.1. The second-order valence-corrected chi connectivity index (χ2v) is 5.28. The van der Waals surface area contributed by atoms with E-state index in [1.165, 1.54) is 0 Å². The Morgan fingerprint density at radius 1 is 1.32 bits per heavy atom. The third-order valence-electron chi connectivity index (χ3n) is 3.25. The summed E-state index contributed by atoms with van der Waals surface area (Å²) in [5.41, 5.74) is 2.30. The van der Waals surface area contributed by atoms with E-state index in [0.29, 0.717) is 28.6 Å². The number of nitriles is 1. The molecular weight excluding hydrogens is 278 g/mol. The second kappa shape index (κ2) is 5.82. The lowest BCUT2D eigenvalue weighted by Crippen LogP contribution is -2.26. The highest BCUT2D eigenvalue weighted by Crippen LogP contribution is 2.20. The van der Waals surface area contributed by atoms with E-state index in [1.807, 2.05) is 13.0 Å². The van der Waals surface area contributed by atoms with E-state index in [1.54, 1.807) is 24.3 Å². The van der Waals surface area contributed by atoms with Crippen LogP contribution in [0.3, 0.4) is 0 Å². The molecule has 6 heteroatoms. The summed E-state index contributed by atoms with van der Waals surface area (Å²) in [5, 5.41) is 14.9. The first-order valence-corrected chi connectivity index (χ1v) is 7.08. The largest absolute Gasteiger partial charge is 0.348 e. The van der Waals surface area contributed by atoms with Gasteiger partial charge in [-0.1, -0.05) is 6.07 Å². The number of nitrogens with one attached hydrogen (secondary N) is 2. The van der Waals surface area contributed by atoms with E-state index in [9.17, 15) is 4.79 Å². The van der Waals surface area contributed by atoms with Crippen LogP contribution in [-0.4, -0.2) is 21.9 Å². The fourth-order valence-electron chi connectivity index (χ4n) is 2.02. The van der Waals surface area contributed by atoms with Crippen molar-refractivity contribution >= 4 is 17.5 Å². The van der Waals surface area contributed by atoms with Gasteiger partial charge in [-0.3, -0.25) is 4.79 Å². The highest BCUT2D eigenvalue weighted by atomic mass is 16.2. The third-order valence-corrected chi connectivity index (χ3v) is 3.25. The lowest BCUT2D eigenvalue weighted by molar-refractivity contribution is 0.0946. The first kappa shape index (κ1) is 14.0. The van der Waals surface area contributed by atoms with Crippen molar-refractivity contribution in [2.75, 3.05) is 5.32 Å². The van der Waals surface area contributed by atoms with Gasteiger partial charge in [0.05, 0.1) is 11.6 Å². The average molecular weight is 293 g/mol. The van der Waals surface area contributed by atoms with Crippen molar-refractivity contribution in [1.82, 2.24) is 15.3 Å². The van der Waals surface area contributed by atoms with Crippen LogP contribution in [0.5, 0.6) is 0 Å². The second-order valence-electron chi connectivity index (χ2n) is 5.28. The van der Waals surface area contributed by atoms with Crippen molar-refractivity contribution in [2.24, 2.45) is 0 Å². The molecule has 110 valence electrons. The van der Waals surface area contributed by atoms with Crippen molar-refractivity contribution in [1.29, 1.82) is 5.26 Å². The van der Waals surface area contributed by atoms with Crippen LogP contribution in [0.15, 0.2) is 30.3 Å². The summed E-state index contributed by atoms with van der Waals surface area (Å²) < 4.78 is 0. The van der Waals surface area contributed by atoms with Gasteiger partial charge >= 0.3 is 0 Å². The summed E-state index contributed by atoms with van der Waals surface area (Å²) in [7, 11) is 0. The molecule has 1 aromatic carbocycles. The minimum absolute atomic E-state index is 0.179. The van der Waals surface area contributed by atoms with E-state index < -0.39 is 0 Å². The Kier molecular flexibility index (Phi) is 3.71. The zero-order valence-corrected chi connectivity index (χ0v) is 12.1. The van der Waals surface area contributed by atoms with Gasteiger partial charge < -0.3 is 10.6 Å². The zero-order valence-electron chi connectivity index (χ0n) is 12.1. The Hall–Kier alpha value is -2.94. The van der Waals surface area contributed by atoms with Crippen molar-refractivity contribution in [3.63, 3.8) is 0 Å². The molecule has 3 rings (SSSR count). The van der Waals surface area contributed by atoms with Crippen LogP contribution in [0.25, 0.3) is 0 Å². The molecule has 1 saturated carbocycles. The molecule has 1 aliphatic rings. The molecule has 22 heavy (non-hydrogen) atoms. The Morgan fingerprint density at radius 2 is 2.14 bits per heavy atom. The van der Waals surface area contributed by atoms with Gasteiger partial charge in [-0.25, -0.2) is 9.97 Å². The maximum Gasteiger partial charge on any atom is 0.270 e. The average Bonchev–Trinajstić information content (AvgIpc) is 3.30. The van der Waals surface area contributed by atoms with Gasteiger partial charge in [0, 0.05) is 17.4 Å². The van der Waals surface area contributed by atoms with Gasteiger partial charge in [-0.05, 0) is 44.0 Å². The summed E-state index contributed by atoms with van der Waals surface area (Å²) in [6.07, 6.45) is 2.06. The Morgan fingerprint density at radius 3 is 2.86 bits per heavy atom. The first-order valence-electron chi connectivity index (χ1n) is 7.08. The van der Waals surface area contributed by atoms with Gasteiger partial charge in [-0.15, -0.1) is 0 Å². The maximum absolute atomic E-state index is 12.1. The highest BCUT2D eigenvalue weighted by Gasteiger charge is 2.24. The van der Waals surface area contributed by atoms with Crippen LogP contribution in [-0.2, 0) is 0 Å². The van der Waals surface area contributed by atoms with Crippen LogP contribution in [0.2, 0.25) is 0 Å². The first-order chi connectivity index (χ1) is 10.6. The number of nitrogens with zero attached hydrogens (tertiary/aromatic N) is 3. The third kappa shape index (κ3) is 3.38. The van der Waals surface area contributed by atoms with E-state index in [-0.39, 0.29) is 11.9 Å². The molecule has 1 heterocycles. The van der Waals surface area contributed by atoms with Crippen LogP contribution < -0.4 is 10.6 Å². The van der Waals surface area contributed by atoms with Crippen LogP contribution in [0, 0.1) is 18.3 Å². The van der Waals surface area contributed by atoms with Crippen molar-refractivity contribution in [3.05, 3.63) is 47.3 Å². The lowest BCUT2D eigenvalue weighted by Gasteiger charge is -2.08. The number of carbonyl (C=O) groups is 1. The molecule has 0 spiro atoms. The van der Waals surface area contributed by atoms with Crippen molar-refractivity contribution in [3.8, 4) is 6.07 Å². The molecule has 1 aromatic heterocycles. The molecule has 1 fully saturated rings. The number of amides is 1. The van der Waals surface area contributed by atoms with Gasteiger partial charge in [0.15, 0.2) is 0 Å². The van der Waals surface area contributed by atoms with E-state index in [4.69, 9.17) is 5.26 Å². The molecule has 6 nitrogen and oxygen atoms in total. The number of aromatic nitrogens is 2. The Labute approximate surface area is 128 Å². The molecule has 0 radical (unpaired) electrons. The zero-order chi connectivity index (χ0) is 15.5. The SMILES string of the molecule is Cc1cc(C(=O)NC2CC2)nc(Nc2cccc(C#N)c2)n1. The minimum atomic E-state index is -0.179. The van der Waals surface area contributed by atoms with Gasteiger partial charge in [-0.2, -0.15) is 5.26 Å². The molecule has 0 saturated heterocycles. The Balaban J connectivity index is 1.82. The fraction of sp³-hybridized carbons (Fsp3) is 0.250. The van der Waals surface area contributed by atoms with Crippen LogP contribution in [0.4, 0.5) is 11.6 Å². The normalized spacial score (nSPS) is 13.3. The monoisotopic (exact) mass is 293 g/mol. The number of rotatable bonds is 4. The molecule has 2 N–H and O–H groups in total. The topological polar surface area (TPSA) is 90.7 Å². The molecule has 2 aromatic rings. The van der Waals surface area contributed by atoms with Crippen LogP contribution >= 0.6 is 0 Å². The van der Waals surface area contributed by atoms with E-state index in [0.717, 1.165) is 12.8 Å². The summed E-state index contributed by atoms with van der Waals surface area (Å²) in [4.78, 5) is 20.6. The number of carbonyl (C=O) groups excluding carboxylic acids is 1. The summed E-state index contributed by atoms with van der Waals surface area (Å²) >= 11 is 0. The number of anilines is 2. The number of aryl methyl sites for hydroxylation is 1. The van der Waals surface area contributed by atoms with Gasteiger partial charge in [0.1, 0.15) is 5.69 Å². The molecule has 0 bridgehead atoms. The quantitative estimate of drug-likeness (QED) is 0.902. The minimum Gasteiger partial charge on any atom is -0.348 e. The summed E-state index contributed by atoms with van der Waals surface area (Å²) in [6.45, 7) is 1.81. The van der Waals surface area contributed by atoms with Gasteiger partial charge in [0.25, 0.3) is 5.91 Å². The molecule has 1 amide bonds. The van der Waals surface area contributed by atoms with Crippen molar-refractivity contribution in [2.45, 2.75) is 25.8 Å². The lowest BCUT2D eigenvalue weighted by atomic mass is 10.2. The predicted molar refractivity (Wildman–Crippen MR) is 81.7 cm³/mol. The number of hydrogen-bond donors (Lipinski definition) is 2. The predicted octanol–water partition coefficient (Wildman–Crippen LogP) is 2.29. The molecule has 1 aliphatic carbocycles. The Bertz CT molecular complexity index is 761. The van der Waals surface area contributed by atoms with E-state index >= 15 is 0 Å². The molecular formula is C16H15N5O.